The van der Waals surface area contributed by atoms with E-state index < -0.39 is 5.82 Å². The maximum Gasteiger partial charge on any atom is 0.319 e. The highest BCUT2D eigenvalue weighted by Gasteiger charge is 2.45. The second-order valence-corrected chi connectivity index (χ2v) is 14.0. The number of pyridine rings is 1. The van der Waals surface area contributed by atoms with E-state index in [1.165, 1.54) is 21.8 Å². The molecule has 10 heteroatoms. The molecule has 0 aliphatic carbocycles. The number of ether oxygens (including phenoxy) is 1. The lowest BCUT2D eigenvalue weighted by atomic mass is 9.95. The van der Waals surface area contributed by atoms with Crippen molar-refractivity contribution in [2.75, 3.05) is 37.7 Å². The molecule has 0 radical (unpaired) electrons. The average Bonchev–Trinajstić information content (AvgIpc) is 3.72. The van der Waals surface area contributed by atoms with Gasteiger partial charge in [0, 0.05) is 69.1 Å². The fourth-order valence-corrected chi connectivity index (χ4v) is 8.34. The van der Waals surface area contributed by atoms with Crippen LogP contribution in [0, 0.1) is 17.0 Å². The van der Waals surface area contributed by atoms with Crippen LogP contribution in [0.1, 0.15) is 44.1 Å². The van der Waals surface area contributed by atoms with E-state index in [-0.39, 0.29) is 22.8 Å². The zero-order valence-corrected chi connectivity index (χ0v) is 26.8. The Labute approximate surface area is 267 Å². The number of hydrogen-bond acceptors (Lipinski definition) is 8. The number of rotatable bonds is 5. The largest absolute Gasteiger partial charge is 0.461 e. The molecule has 4 fully saturated rings. The van der Waals surface area contributed by atoms with Crippen molar-refractivity contribution in [2.24, 2.45) is 0 Å². The lowest BCUT2D eigenvalue weighted by molar-refractivity contribution is 0.108. The molecule has 2 bridgehead atoms. The van der Waals surface area contributed by atoms with Crippen molar-refractivity contribution in [1.82, 2.24) is 25.2 Å². The van der Waals surface area contributed by atoms with Crippen LogP contribution in [-0.4, -0.2) is 70.3 Å². The summed E-state index contributed by atoms with van der Waals surface area (Å²) in [6, 6.07) is 12.9. The molecule has 0 spiro atoms. The van der Waals surface area contributed by atoms with Gasteiger partial charge in [-0.15, -0.1) is 0 Å². The van der Waals surface area contributed by atoms with Crippen LogP contribution in [0.2, 0.25) is 0 Å². The first-order valence-electron chi connectivity index (χ1n) is 15.2. The highest BCUT2D eigenvalue weighted by molar-refractivity contribution is 14.2. The molecule has 220 valence electrons. The number of fused-ring (bicyclic) bond motifs is 5. The average molecular weight is 707 g/mol. The number of halogens is 2. The minimum Gasteiger partial charge on any atom is -0.461 e. The maximum absolute atomic E-state index is 16.8. The summed E-state index contributed by atoms with van der Waals surface area (Å²) in [7, 11) is 1.43. The predicted octanol–water partition coefficient (Wildman–Crippen LogP) is 6.32. The molecule has 2 aromatic heterocycles. The predicted molar refractivity (Wildman–Crippen MR) is 179 cm³/mol. The minimum absolute atomic E-state index is 0.0468. The lowest BCUT2D eigenvalue weighted by Gasteiger charge is -2.34. The summed E-state index contributed by atoms with van der Waals surface area (Å²) >= 11 is 2.16. The highest BCUT2D eigenvalue weighted by atomic mass is 127. The van der Waals surface area contributed by atoms with Crippen molar-refractivity contribution in [3.63, 3.8) is 0 Å². The van der Waals surface area contributed by atoms with Gasteiger partial charge in [0.15, 0.2) is 5.82 Å². The van der Waals surface area contributed by atoms with Gasteiger partial charge < -0.3 is 15.0 Å². The van der Waals surface area contributed by atoms with Gasteiger partial charge in [0.25, 0.3) is 0 Å². The molecule has 6 heterocycles. The second-order valence-electron chi connectivity index (χ2n) is 12.3. The van der Waals surface area contributed by atoms with Gasteiger partial charge >= 0.3 is 6.01 Å². The molecule has 4 aliphatic heterocycles. The molecule has 0 amide bonds. The Bertz CT molecular complexity index is 1770. The van der Waals surface area contributed by atoms with Crippen molar-refractivity contribution >= 4 is 57.6 Å². The van der Waals surface area contributed by atoms with Crippen LogP contribution in [-0.2, 0) is 0 Å². The first-order valence-corrected chi connectivity index (χ1v) is 18.5. The van der Waals surface area contributed by atoms with Crippen LogP contribution in [0.4, 0.5) is 10.2 Å². The van der Waals surface area contributed by atoms with Crippen LogP contribution < -0.4 is 15.0 Å². The number of nitrogens with one attached hydrogen (secondary N) is 1. The Morgan fingerprint density at radius 3 is 2.60 bits per heavy atom. The van der Waals surface area contributed by atoms with Crippen molar-refractivity contribution in [3.05, 3.63) is 54.0 Å². The van der Waals surface area contributed by atoms with E-state index in [1.807, 2.05) is 36.4 Å². The third kappa shape index (κ3) is 4.93. The van der Waals surface area contributed by atoms with Gasteiger partial charge in [-0.25, -0.2) is 4.39 Å². The van der Waals surface area contributed by atoms with E-state index in [0.717, 1.165) is 68.2 Å². The summed E-state index contributed by atoms with van der Waals surface area (Å²) in [5.74, 6) is 3.49. The Morgan fingerprint density at radius 2 is 1.84 bits per heavy atom. The molecule has 4 saturated heterocycles. The monoisotopic (exact) mass is 706 g/mol. The summed E-state index contributed by atoms with van der Waals surface area (Å²) < 4.78 is 23.2. The van der Waals surface area contributed by atoms with Gasteiger partial charge in [-0.1, -0.05) is 36.3 Å². The molecule has 7 nitrogen and oxygen atoms in total. The summed E-state index contributed by atoms with van der Waals surface area (Å²) in [6.45, 7) is 4.42. The topological polar surface area (TPSA) is 66.4 Å². The Balaban J connectivity index is 1.26. The van der Waals surface area contributed by atoms with E-state index in [2.05, 4.69) is 47.5 Å². The Kier molecular flexibility index (Phi) is 7.32. The molecule has 1 N–H and O–H groups in total. The molecule has 0 saturated carbocycles. The summed E-state index contributed by atoms with van der Waals surface area (Å²) in [6.07, 6.45) is 8.66. The van der Waals surface area contributed by atoms with Gasteiger partial charge in [0.2, 0.25) is 0 Å². The zero-order valence-electron chi connectivity index (χ0n) is 23.8. The number of benzene rings is 2. The number of nitrogens with zero attached hydrogens (tertiary/aromatic N) is 5. The third-order valence-electron chi connectivity index (χ3n) is 9.82. The van der Waals surface area contributed by atoms with Crippen LogP contribution in [0.3, 0.4) is 0 Å². The van der Waals surface area contributed by atoms with Crippen LogP contribution >= 0.6 is 30.1 Å². The second kappa shape index (κ2) is 11.3. The molecule has 8 rings (SSSR count). The van der Waals surface area contributed by atoms with E-state index >= 15 is 4.39 Å². The summed E-state index contributed by atoms with van der Waals surface area (Å²) in [5, 5.41) is 9.28. The quantitative estimate of drug-likeness (QED) is 0.191. The number of piperazine rings is 1. The van der Waals surface area contributed by atoms with E-state index in [1.54, 1.807) is 6.20 Å². The van der Waals surface area contributed by atoms with Gasteiger partial charge in [0.05, 0.1) is 10.9 Å². The lowest BCUT2D eigenvalue weighted by Crippen LogP contribution is -2.51. The number of aromatic nitrogens is 3. The summed E-state index contributed by atoms with van der Waals surface area (Å²) in [4.78, 5) is 19.3. The molecular formula is C33H32FIN6OS. The van der Waals surface area contributed by atoms with Gasteiger partial charge in [-0.3, -0.25) is 9.88 Å². The van der Waals surface area contributed by atoms with E-state index in [0.29, 0.717) is 35.5 Å². The van der Waals surface area contributed by atoms with Gasteiger partial charge in [0.1, 0.15) is 23.6 Å². The minimum atomic E-state index is -0.454. The molecular weight excluding hydrogens is 674 g/mol. The fraction of sp³-hybridized carbons (Fsp3) is 0.424. The SMILES string of the molecule is Fc1c(-c2cccc3cccc(C#CSI)c23)ncc2c(N3CC4CCC(C3)N4)nc(OCC34CCCN3CCC4)nc12. The smallest absolute Gasteiger partial charge is 0.319 e. The fourth-order valence-electron chi connectivity index (χ4n) is 7.86. The van der Waals surface area contributed by atoms with Crippen molar-refractivity contribution in [1.29, 1.82) is 0 Å². The first kappa shape index (κ1) is 27.8. The third-order valence-corrected chi connectivity index (χ3v) is 10.7. The summed E-state index contributed by atoms with van der Waals surface area (Å²) in [5.41, 5.74) is 2.12. The molecule has 4 aromatic rings. The van der Waals surface area contributed by atoms with E-state index in [4.69, 9.17) is 19.7 Å². The normalized spacial score (nSPS) is 22.6. The number of hydrogen-bond donors (Lipinski definition) is 1. The molecule has 43 heavy (non-hydrogen) atoms. The molecule has 4 aliphatic rings. The molecule has 2 aromatic carbocycles. The number of anilines is 1. The Hall–Kier alpha value is -2.72. The van der Waals surface area contributed by atoms with Gasteiger partial charge in [-0.2, -0.15) is 9.97 Å². The van der Waals surface area contributed by atoms with E-state index in [9.17, 15) is 0 Å². The van der Waals surface area contributed by atoms with Crippen LogP contribution in [0.5, 0.6) is 6.01 Å². The van der Waals surface area contributed by atoms with Crippen LogP contribution in [0.15, 0.2) is 42.6 Å². The maximum atomic E-state index is 16.8. The van der Waals surface area contributed by atoms with Crippen molar-refractivity contribution < 1.29 is 9.13 Å². The standard InChI is InChI=1S/C33H32FIN6OS/c34-28-29(25-8-2-7-21-5-1-6-22(27(21)25)11-16-43-35)36-17-26-30(28)38-32(42-20-33-12-3-14-41(33)15-4-13-33)39-31(26)40-18-23-9-10-24(19-40)37-23/h1-2,5-8,17,23-24,37H,3-4,9-10,12-15,18-20H2. The van der Waals surface area contributed by atoms with Crippen LogP contribution in [0.25, 0.3) is 32.9 Å². The zero-order chi connectivity index (χ0) is 29.0. The van der Waals surface area contributed by atoms with Crippen molar-refractivity contribution in [3.8, 4) is 28.4 Å². The molecule has 2 unspecified atom stereocenters. The van der Waals surface area contributed by atoms with Crippen molar-refractivity contribution in [2.45, 2.75) is 56.1 Å². The first-order chi connectivity index (χ1) is 21.1. The Morgan fingerprint density at radius 1 is 1.07 bits per heavy atom. The molecule has 2 atom stereocenters. The van der Waals surface area contributed by atoms with Gasteiger partial charge in [-0.05, 0) is 77.3 Å². The highest BCUT2D eigenvalue weighted by Crippen LogP contribution is 2.40.